The molecule has 5 heteroatoms. The molecule has 2 unspecified atom stereocenters. The van der Waals surface area contributed by atoms with E-state index in [1.54, 1.807) is 6.07 Å². The predicted molar refractivity (Wildman–Crippen MR) is 86.2 cm³/mol. The van der Waals surface area contributed by atoms with Crippen molar-refractivity contribution in [3.63, 3.8) is 0 Å². The summed E-state index contributed by atoms with van der Waals surface area (Å²) in [4.78, 5) is 12.4. The minimum absolute atomic E-state index is 0.0348. The van der Waals surface area contributed by atoms with E-state index < -0.39 is 0 Å². The van der Waals surface area contributed by atoms with Gasteiger partial charge in [0.1, 0.15) is 5.58 Å². The lowest BCUT2D eigenvalue weighted by Crippen LogP contribution is -2.46. The molecule has 0 aliphatic heterocycles. The van der Waals surface area contributed by atoms with E-state index in [0.717, 1.165) is 35.5 Å². The number of hydrogen-bond acceptors (Lipinski definition) is 3. The Labute approximate surface area is 132 Å². The maximum atomic E-state index is 12.4. The number of carbonyl (C=O) groups is 1. The summed E-state index contributed by atoms with van der Waals surface area (Å²) in [5.74, 6) is 0.161. The van der Waals surface area contributed by atoms with E-state index in [2.05, 4.69) is 21.2 Å². The summed E-state index contributed by atoms with van der Waals surface area (Å²) in [5.41, 5.74) is 6.85. The molecule has 3 N–H and O–H groups in total. The standard InChI is InChI=1S/C16H19BrN2O2/c17-11-6-4-5-10-9-14(21-15(10)11)16(20)19-13-8-3-1-2-7-12(13)18/h4-6,9,12-13H,1-3,7-8,18H2,(H,19,20). The Morgan fingerprint density at radius 2 is 2.10 bits per heavy atom. The Kier molecular flexibility index (Phi) is 4.31. The van der Waals surface area contributed by atoms with Crippen LogP contribution in [0.2, 0.25) is 0 Å². The summed E-state index contributed by atoms with van der Waals surface area (Å²) >= 11 is 3.43. The molecule has 0 spiro atoms. The fourth-order valence-electron chi connectivity index (χ4n) is 2.89. The van der Waals surface area contributed by atoms with Crippen molar-refractivity contribution in [3.8, 4) is 0 Å². The number of carbonyl (C=O) groups excluding carboxylic acids is 1. The third-order valence-electron chi connectivity index (χ3n) is 4.11. The molecule has 0 bridgehead atoms. The summed E-state index contributed by atoms with van der Waals surface area (Å²) in [6.07, 6.45) is 5.36. The van der Waals surface area contributed by atoms with Crippen molar-refractivity contribution in [2.24, 2.45) is 5.73 Å². The van der Waals surface area contributed by atoms with Gasteiger partial charge in [0.2, 0.25) is 0 Å². The van der Waals surface area contributed by atoms with Crippen LogP contribution in [-0.4, -0.2) is 18.0 Å². The second-order valence-corrected chi connectivity index (χ2v) is 6.50. The monoisotopic (exact) mass is 350 g/mol. The van der Waals surface area contributed by atoms with Crippen LogP contribution in [0, 0.1) is 0 Å². The fourth-order valence-corrected chi connectivity index (χ4v) is 3.36. The van der Waals surface area contributed by atoms with Crippen molar-refractivity contribution in [2.75, 3.05) is 0 Å². The van der Waals surface area contributed by atoms with E-state index in [-0.39, 0.29) is 18.0 Å². The van der Waals surface area contributed by atoms with E-state index in [0.29, 0.717) is 11.3 Å². The van der Waals surface area contributed by atoms with Gasteiger partial charge in [0.15, 0.2) is 5.76 Å². The van der Waals surface area contributed by atoms with Crippen LogP contribution in [-0.2, 0) is 0 Å². The smallest absolute Gasteiger partial charge is 0.287 e. The zero-order valence-corrected chi connectivity index (χ0v) is 13.4. The quantitative estimate of drug-likeness (QED) is 0.813. The van der Waals surface area contributed by atoms with Gasteiger partial charge in [-0.15, -0.1) is 0 Å². The van der Waals surface area contributed by atoms with E-state index in [9.17, 15) is 4.79 Å². The average molecular weight is 351 g/mol. The molecule has 1 fully saturated rings. The normalized spacial score (nSPS) is 23.0. The number of fused-ring (bicyclic) bond motifs is 1. The summed E-state index contributed by atoms with van der Waals surface area (Å²) in [5, 5.41) is 3.95. The Balaban J connectivity index is 1.78. The van der Waals surface area contributed by atoms with Gasteiger partial charge in [0, 0.05) is 17.5 Å². The molecule has 3 rings (SSSR count). The number of furan rings is 1. The SMILES string of the molecule is NC1CCCCCC1NC(=O)c1cc2cccc(Br)c2o1. The maximum Gasteiger partial charge on any atom is 0.287 e. The predicted octanol–water partition coefficient (Wildman–Crippen LogP) is 3.59. The molecule has 1 aromatic carbocycles. The number of halogens is 1. The summed E-state index contributed by atoms with van der Waals surface area (Å²) in [6, 6.07) is 7.60. The molecule has 0 radical (unpaired) electrons. The molecule has 1 amide bonds. The van der Waals surface area contributed by atoms with Gasteiger partial charge in [-0.2, -0.15) is 0 Å². The molecular weight excluding hydrogens is 332 g/mol. The van der Waals surface area contributed by atoms with Crippen LogP contribution in [0.25, 0.3) is 11.0 Å². The highest BCUT2D eigenvalue weighted by Gasteiger charge is 2.24. The second-order valence-electron chi connectivity index (χ2n) is 5.65. The molecular formula is C16H19BrN2O2. The highest BCUT2D eigenvalue weighted by atomic mass is 79.9. The van der Waals surface area contributed by atoms with Crippen LogP contribution in [0.3, 0.4) is 0 Å². The molecule has 1 aromatic heterocycles. The number of nitrogens with one attached hydrogen (secondary N) is 1. The van der Waals surface area contributed by atoms with Crippen LogP contribution in [0.4, 0.5) is 0 Å². The summed E-state index contributed by atoms with van der Waals surface area (Å²) in [6.45, 7) is 0. The Morgan fingerprint density at radius 3 is 2.90 bits per heavy atom. The van der Waals surface area contributed by atoms with Gasteiger partial charge in [0.25, 0.3) is 5.91 Å². The highest BCUT2D eigenvalue weighted by molar-refractivity contribution is 9.10. The van der Waals surface area contributed by atoms with Crippen molar-refractivity contribution in [1.29, 1.82) is 0 Å². The van der Waals surface area contributed by atoms with Gasteiger partial charge in [-0.1, -0.05) is 31.4 Å². The van der Waals surface area contributed by atoms with Gasteiger partial charge in [-0.05, 0) is 40.9 Å². The molecule has 112 valence electrons. The fraction of sp³-hybridized carbons (Fsp3) is 0.438. The molecule has 2 atom stereocenters. The number of rotatable bonds is 2. The maximum absolute atomic E-state index is 12.4. The van der Waals surface area contributed by atoms with Crippen LogP contribution in [0.5, 0.6) is 0 Å². The van der Waals surface area contributed by atoms with Crippen molar-refractivity contribution >= 4 is 32.8 Å². The number of hydrogen-bond donors (Lipinski definition) is 2. The molecule has 21 heavy (non-hydrogen) atoms. The lowest BCUT2D eigenvalue weighted by Gasteiger charge is -2.22. The van der Waals surface area contributed by atoms with Crippen molar-refractivity contribution in [2.45, 2.75) is 44.2 Å². The number of amides is 1. The highest BCUT2D eigenvalue weighted by Crippen LogP contribution is 2.27. The van der Waals surface area contributed by atoms with E-state index in [4.69, 9.17) is 10.2 Å². The van der Waals surface area contributed by atoms with E-state index >= 15 is 0 Å². The molecule has 1 aliphatic rings. The molecule has 1 heterocycles. The Morgan fingerprint density at radius 1 is 1.29 bits per heavy atom. The second kappa shape index (κ2) is 6.20. The van der Waals surface area contributed by atoms with Gasteiger partial charge in [-0.25, -0.2) is 0 Å². The molecule has 4 nitrogen and oxygen atoms in total. The van der Waals surface area contributed by atoms with Crippen LogP contribution in [0.1, 0.15) is 42.7 Å². The van der Waals surface area contributed by atoms with Crippen molar-refractivity contribution in [3.05, 3.63) is 34.5 Å². The first-order valence-corrected chi connectivity index (χ1v) is 8.19. The van der Waals surface area contributed by atoms with Crippen LogP contribution < -0.4 is 11.1 Å². The molecule has 0 saturated heterocycles. The van der Waals surface area contributed by atoms with Crippen molar-refractivity contribution < 1.29 is 9.21 Å². The van der Waals surface area contributed by atoms with Gasteiger partial charge in [-0.3, -0.25) is 4.79 Å². The number of benzene rings is 1. The molecule has 1 aliphatic carbocycles. The summed E-state index contributed by atoms with van der Waals surface area (Å²) in [7, 11) is 0. The first kappa shape index (κ1) is 14.6. The summed E-state index contributed by atoms with van der Waals surface area (Å²) < 4.78 is 6.52. The largest absolute Gasteiger partial charge is 0.450 e. The molecule has 1 saturated carbocycles. The Hall–Kier alpha value is -1.33. The third kappa shape index (κ3) is 3.14. The molecule has 2 aromatic rings. The topological polar surface area (TPSA) is 68.3 Å². The van der Waals surface area contributed by atoms with Gasteiger partial charge >= 0.3 is 0 Å². The first-order chi connectivity index (χ1) is 10.1. The van der Waals surface area contributed by atoms with Crippen LogP contribution in [0.15, 0.2) is 33.2 Å². The van der Waals surface area contributed by atoms with Crippen molar-refractivity contribution in [1.82, 2.24) is 5.32 Å². The first-order valence-electron chi connectivity index (χ1n) is 7.39. The van der Waals surface area contributed by atoms with Gasteiger partial charge < -0.3 is 15.5 Å². The minimum atomic E-state index is -0.180. The van der Waals surface area contributed by atoms with E-state index in [1.165, 1.54) is 6.42 Å². The number of para-hydroxylation sites is 1. The third-order valence-corrected chi connectivity index (χ3v) is 4.73. The Bertz CT molecular complexity index is 653. The average Bonchev–Trinajstić information content (AvgIpc) is 2.81. The van der Waals surface area contributed by atoms with E-state index in [1.807, 2.05) is 18.2 Å². The minimum Gasteiger partial charge on any atom is -0.450 e. The zero-order valence-electron chi connectivity index (χ0n) is 11.8. The lowest BCUT2D eigenvalue weighted by atomic mass is 10.0. The number of nitrogens with two attached hydrogens (primary N) is 1. The van der Waals surface area contributed by atoms with Crippen LogP contribution >= 0.6 is 15.9 Å². The zero-order chi connectivity index (χ0) is 14.8. The lowest BCUT2D eigenvalue weighted by molar-refractivity contribution is 0.0903. The van der Waals surface area contributed by atoms with Gasteiger partial charge in [0.05, 0.1) is 4.47 Å².